The predicted octanol–water partition coefficient (Wildman–Crippen LogP) is 4.12. The Bertz CT molecular complexity index is 751. The molecule has 0 aliphatic heterocycles. The smallest absolute Gasteiger partial charge is 0.232 e. The summed E-state index contributed by atoms with van der Waals surface area (Å²) in [6.45, 7) is 12.0. The number of hydrogen-bond donors (Lipinski definition) is 0. The highest BCUT2D eigenvalue weighted by molar-refractivity contribution is 5.77. The van der Waals surface area contributed by atoms with Crippen molar-refractivity contribution in [2.24, 2.45) is 5.92 Å². The van der Waals surface area contributed by atoms with Crippen molar-refractivity contribution >= 4 is 11.8 Å². The second kappa shape index (κ2) is 11.0. The number of amides is 1. The largest absolute Gasteiger partial charge is 0.341 e. The first-order chi connectivity index (χ1) is 13.9. The molecular formula is C23H36N4O2. The lowest BCUT2D eigenvalue weighted by atomic mass is 10.1. The van der Waals surface area contributed by atoms with Gasteiger partial charge in [0.2, 0.25) is 11.8 Å². The van der Waals surface area contributed by atoms with Crippen LogP contribution in [0.5, 0.6) is 0 Å². The van der Waals surface area contributed by atoms with Crippen LogP contribution in [0.1, 0.15) is 39.7 Å². The van der Waals surface area contributed by atoms with Crippen LogP contribution in [-0.2, 0) is 11.3 Å². The predicted molar refractivity (Wildman–Crippen MR) is 119 cm³/mol. The highest BCUT2D eigenvalue weighted by atomic mass is 16.5. The molecule has 2 rings (SSSR count). The van der Waals surface area contributed by atoms with Crippen LogP contribution >= 0.6 is 0 Å². The van der Waals surface area contributed by atoms with Crippen molar-refractivity contribution in [2.45, 2.75) is 40.7 Å². The third kappa shape index (κ3) is 6.32. The van der Waals surface area contributed by atoms with Crippen molar-refractivity contribution in [3.63, 3.8) is 0 Å². The Hall–Kier alpha value is -2.34. The van der Waals surface area contributed by atoms with Crippen molar-refractivity contribution in [1.29, 1.82) is 0 Å². The average molecular weight is 401 g/mol. The van der Waals surface area contributed by atoms with E-state index in [1.807, 2.05) is 49.3 Å². The SMILES string of the molecule is CCN(CC)c1onc(-c2ccccc2)c1CN(CCN(C)C)C(=O)CC(C)C. The topological polar surface area (TPSA) is 52.8 Å². The van der Waals surface area contributed by atoms with Crippen LogP contribution in [0, 0.1) is 5.92 Å². The standard InChI is InChI=1S/C23H36N4O2/c1-7-26(8-2)23-20(22(24-29-23)19-12-10-9-11-13-19)17-27(15-14-25(5)6)21(28)16-18(3)4/h9-13,18H,7-8,14-17H2,1-6H3. The molecule has 2 aromatic rings. The van der Waals surface area contributed by atoms with E-state index in [2.05, 4.69) is 42.7 Å². The molecule has 0 spiro atoms. The zero-order valence-electron chi connectivity index (χ0n) is 18.8. The number of benzene rings is 1. The van der Waals surface area contributed by atoms with Gasteiger partial charge in [-0.3, -0.25) is 4.79 Å². The second-order valence-electron chi connectivity index (χ2n) is 8.07. The van der Waals surface area contributed by atoms with Crippen molar-refractivity contribution in [3.8, 4) is 11.3 Å². The molecule has 0 fully saturated rings. The van der Waals surface area contributed by atoms with Crippen molar-refractivity contribution in [3.05, 3.63) is 35.9 Å². The van der Waals surface area contributed by atoms with Gasteiger partial charge in [0.05, 0.1) is 12.1 Å². The van der Waals surface area contributed by atoms with Gasteiger partial charge in [-0.25, -0.2) is 0 Å². The molecule has 0 N–H and O–H groups in total. The summed E-state index contributed by atoms with van der Waals surface area (Å²) in [5, 5.41) is 4.41. The number of anilines is 1. The lowest BCUT2D eigenvalue weighted by molar-refractivity contribution is -0.132. The number of nitrogens with zero attached hydrogens (tertiary/aromatic N) is 4. The quantitative estimate of drug-likeness (QED) is 0.568. The Morgan fingerprint density at radius 2 is 1.72 bits per heavy atom. The van der Waals surface area contributed by atoms with Crippen LogP contribution in [-0.4, -0.2) is 61.1 Å². The molecule has 0 unspecified atom stereocenters. The molecule has 1 amide bonds. The minimum absolute atomic E-state index is 0.174. The number of hydrogen-bond acceptors (Lipinski definition) is 5. The molecule has 0 radical (unpaired) electrons. The van der Waals surface area contributed by atoms with E-state index in [-0.39, 0.29) is 5.91 Å². The Labute approximate surface area is 175 Å². The van der Waals surface area contributed by atoms with Gasteiger partial charge < -0.3 is 19.2 Å². The van der Waals surface area contributed by atoms with Crippen LogP contribution in [0.15, 0.2) is 34.9 Å². The van der Waals surface area contributed by atoms with Crippen LogP contribution in [0.25, 0.3) is 11.3 Å². The molecule has 0 atom stereocenters. The Morgan fingerprint density at radius 3 is 2.28 bits per heavy atom. The number of likely N-dealkylation sites (N-methyl/N-ethyl adjacent to an activating group) is 1. The second-order valence-corrected chi connectivity index (χ2v) is 8.07. The van der Waals surface area contributed by atoms with Crippen LogP contribution < -0.4 is 4.90 Å². The lowest BCUT2D eigenvalue weighted by Crippen LogP contribution is -2.37. The van der Waals surface area contributed by atoms with E-state index >= 15 is 0 Å². The maximum Gasteiger partial charge on any atom is 0.232 e. The van der Waals surface area contributed by atoms with Crippen molar-refractivity contribution in [1.82, 2.24) is 15.0 Å². The van der Waals surface area contributed by atoms with Crippen LogP contribution in [0.4, 0.5) is 5.88 Å². The van der Waals surface area contributed by atoms with Crippen LogP contribution in [0.2, 0.25) is 0 Å². The zero-order valence-corrected chi connectivity index (χ0v) is 18.8. The van der Waals surface area contributed by atoms with Gasteiger partial charge >= 0.3 is 0 Å². The van der Waals surface area contributed by atoms with E-state index in [1.165, 1.54) is 0 Å². The van der Waals surface area contributed by atoms with Gasteiger partial charge in [-0.1, -0.05) is 49.3 Å². The molecule has 0 aliphatic rings. The number of aromatic nitrogens is 1. The number of rotatable bonds is 11. The van der Waals surface area contributed by atoms with Gasteiger partial charge in [0.25, 0.3) is 0 Å². The molecule has 1 aromatic heterocycles. The lowest BCUT2D eigenvalue weighted by Gasteiger charge is -2.27. The fraction of sp³-hybridized carbons (Fsp3) is 0.565. The monoisotopic (exact) mass is 400 g/mol. The highest BCUT2D eigenvalue weighted by Gasteiger charge is 2.25. The van der Waals surface area contributed by atoms with Gasteiger partial charge in [-0.05, 0) is 33.9 Å². The molecule has 0 saturated heterocycles. The molecule has 160 valence electrons. The molecule has 6 heteroatoms. The summed E-state index contributed by atoms with van der Waals surface area (Å²) in [4.78, 5) is 19.2. The van der Waals surface area contributed by atoms with E-state index in [4.69, 9.17) is 4.52 Å². The first-order valence-corrected chi connectivity index (χ1v) is 10.6. The van der Waals surface area contributed by atoms with E-state index in [0.717, 1.165) is 42.3 Å². The van der Waals surface area contributed by atoms with E-state index in [0.29, 0.717) is 25.4 Å². The number of carbonyl (C=O) groups excluding carboxylic acids is 1. The Morgan fingerprint density at radius 1 is 1.07 bits per heavy atom. The van der Waals surface area contributed by atoms with E-state index in [9.17, 15) is 4.79 Å². The summed E-state index contributed by atoms with van der Waals surface area (Å²) >= 11 is 0. The molecule has 1 aromatic carbocycles. The van der Waals surface area contributed by atoms with Crippen LogP contribution in [0.3, 0.4) is 0 Å². The zero-order chi connectivity index (χ0) is 21.4. The fourth-order valence-electron chi connectivity index (χ4n) is 3.31. The van der Waals surface area contributed by atoms with Crippen molar-refractivity contribution in [2.75, 3.05) is 45.2 Å². The maximum absolute atomic E-state index is 13.0. The summed E-state index contributed by atoms with van der Waals surface area (Å²) in [6.07, 6.45) is 0.542. The summed E-state index contributed by atoms with van der Waals surface area (Å²) in [5.41, 5.74) is 2.81. The number of carbonyl (C=O) groups is 1. The summed E-state index contributed by atoms with van der Waals surface area (Å²) < 4.78 is 5.81. The third-order valence-electron chi connectivity index (χ3n) is 4.97. The van der Waals surface area contributed by atoms with E-state index < -0.39 is 0 Å². The summed E-state index contributed by atoms with van der Waals surface area (Å²) in [5.74, 6) is 1.26. The normalized spacial score (nSPS) is 11.3. The molecule has 0 saturated carbocycles. The van der Waals surface area contributed by atoms with Crippen molar-refractivity contribution < 1.29 is 9.32 Å². The van der Waals surface area contributed by atoms with Gasteiger partial charge in [-0.15, -0.1) is 0 Å². The summed E-state index contributed by atoms with van der Waals surface area (Å²) in [7, 11) is 4.06. The third-order valence-corrected chi connectivity index (χ3v) is 4.97. The minimum Gasteiger partial charge on any atom is -0.341 e. The van der Waals surface area contributed by atoms with Gasteiger partial charge in [0.1, 0.15) is 5.69 Å². The first-order valence-electron chi connectivity index (χ1n) is 10.6. The molecule has 0 bridgehead atoms. The van der Waals surface area contributed by atoms with Gasteiger partial charge in [-0.2, -0.15) is 0 Å². The van der Waals surface area contributed by atoms with Gasteiger partial charge in [0, 0.05) is 38.2 Å². The minimum atomic E-state index is 0.174. The molecule has 1 heterocycles. The first kappa shape index (κ1) is 22.9. The maximum atomic E-state index is 13.0. The molecule has 0 aliphatic carbocycles. The van der Waals surface area contributed by atoms with Gasteiger partial charge in [0.15, 0.2) is 0 Å². The average Bonchev–Trinajstić information content (AvgIpc) is 3.09. The Kier molecular flexibility index (Phi) is 8.70. The molecule has 6 nitrogen and oxygen atoms in total. The van der Waals surface area contributed by atoms with E-state index in [1.54, 1.807) is 0 Å². The summed E-state index contributed by atoms with van der Waals surface area (Å²) in [6, 6.07) is 10.1. The Balaban J connectivity index is 2.43. The highest BCUT2D eigenvalue weighted by Crippen LogP contribution is 2.32. The molecular weight excluding hydrogens is 364 g/mol. The fourth-order valence-corrected chi connectivity index (χ4v) is 3.31. The molecule has 29 heavy (non-hydrogen) atoms.